The van der Waals surface area contributed by atoms with Crippen LogP contribution in [0.15, 0.2) is 30.3 Å². The van der Waals surface area contributed by atoms with Gasteiger partial charge in [-0.05, 0) is 24.8 Å². The Morgan fingerprint density at radius 1 is 1.30 bits per heavy atom. The summed E-state index contributed by atoms with van der Waals surface area (Å²) in [4.78, 5) is 37.8. The SMILES string of the molecule is CC[C@H](C)C(=O)N[C@@H]1CCC(=O)N(CCc2ccccc2)C1=O. The first-order valence-corrected chi connectivity index (χ1v) is 8.21. The first kappa shape index (κ1) is 17.2. The molecule has 0 bridgehead atoms. The molecule has 0 spiro atoms. The number of nitrogens with one attached hydrogen (secondary N) is 1. The van der Waals surface area contributed by atoms with Crippen molar-refractivity contribution in [2.24, 2.45) is 5.92 Å². The third-order valence-electron chi connectivity index (χ3n) is 4.36. The molecule has 0 radical (unpaired) electrons. The standard InChI is InChI=1S/C18H24N2O3/c1-3-13(2)17(22)19-15-9-10-16(21)20(18(15)23)12-11-14-7-5-4-6-8-14/h4-8,13,15H,3,9-12H2,1-2H3,(H,19,22)/t13-,15+/m0/s1. The summed E-state index contributed by atoms with van der Waals surface area (Å²) in [5, 5.41) is 2.79. The molecule has 23 heavy (non-hydrogen) atoms. The van der Waals surface area contributed by atoms with Gasteiger partial charge in [-0.3, -0.25) is 19.3 Å². The summed E-state index contributed by atoms with van der Waals surface area (Å²) >= 11 is 0. The smallest absolute Gasteiger partial charge is 0.251 e. The molecule has 0 saturated carbocycles. The van der Waals surface area contributed by atoms with Crippen molar-refractivity contribution in [3.8, 4) is 0 Å². The Morgan fingerprint density at radius 2 is 2.00 bits per heavy atom. The minimum Gasteiger partial charge on any atom is -0.344 e. The van der Waals surface area contributed by atoms with Gasteiger partial charge in [-0.2, -0.15) is 0 Å². The lowest BCUT2D eigenvalue weighted by molar-refractivity contribution is -0.151. The summed E-state index contributed by atoms with van der Waals surface area (Å²) < 4.78 is 0. The van der Waals surface area contributed by atoms with Crippen LogP contribution in [0.25, 0.3) is 0 Å². The molecule has 1 aromatic rings. The average molecular weight is 316 g/mol. The fourth-order valence-corrected chi connectivity index (χ4v) is 2.59. The number of rotatable bonds is 6. The zero-order valence-corrected chi connectivity index (χ0v) is 13.7. The molecule has 1 N–H and O–H groups in total. The number of amides is 3. The highest BCUT2D eigenvalue weighted by Crippen LogP contribution is 2.15. The topological polar surface area (TPSA) is 66.5 Å². The largest absolute Gasteiger partial charge is 0.344 e. The number of piperidine rings is 1. The van der Waals surface area contributed by atoms with Crippen molar-refractivity contribution in [2.75, 3.05) is 6.54 Å². The molecule has 1 aliphatic rings. The number of likely N-dealkylation sites (tertiary alicyclic amines) is 1. The van der Waals surface area contributed by atoms with Crippen molar-refractivity contribution in [3.63, 3.8) is 0 Å². The van der Waals surface area contributed by atoms with Gasteiger partial charge < -0.3 is 5.32 Å². The lowest BCUT2D eigenvalue weighted by atomic mass is 10.0. The molecule has 124 valence electrons. The Hall–Kier alpha value is -2.17. The third kappa shape index (κ3) is 4.41. The first-order chi connectivity index (χ1) is 11.0. The molecule has 5 nitrogen and oxygen atoms in total. The predicted molar refractivity (Wildman–Crippen MR) is 87.5 cm³/mol. The zero-order valence-electron chi connectivity index (χ0n) is 13.7. The van der Waals surface area contributed by atoms with E-state index in [1.807, 2.05) is 44.2 Å². The van der Waals surface area contributed by atoms with Crippen LogP contribution in [0.1, 0.15) is 38.7 Å². The van der Waals surface area contributed by atoms with Crippen LogP contribution in [0.3, 0.4) is 0 Å². The van der Waals surface area contributed by atoms with Crippen molar-refractivity contribution >= 4 is 17.7 Å². The van der Waals surface area contributed by atoms with E-state index in [0.717, 1.165) is 12.0 Å². The fourth-order valence-electron chi connectivity index (χ4n) is 2.59. The quantitative estimate of drug-likeness (QED) is 0.815. The van der Waals surface area contributed by atoms with Gasteiger partial charge in [-0.15, -0.1) is 0 Å². The van der Waals surface area contributed by atoms with E-state index < -0.39 is 6.04 Å². The second-order valence-electron chi connectivity index (χ2n) is 6.03. The molecule has 1 saturated heterocycles. The first-order valence-electron chi connectivity index (χ1n) is 8.21. The van der Waals surface area contributed by atoms with E-state index in [2.05, 4.69) is 5.32 Å². The van der Waals surface area contributed by atoms with E-state index in [1.165, 1.54) is 4.90 Å². The lowest BCUT2D eigenvalue weighted by Gasteiger charge is -2.31. The summed E-state index contributed by atoms with van der Waals surface area (Å²) in [6.45, 7) is 4.13. The minimum atomic E-state index is -0.579. The van der Waals surface area contributed by atoms with Crippen molar-refractivity contribution in [1.82, 2.24) is 10.2 Å². The Labute approximate surface area is 137 Å². The van der Waals surface area contributed by atoms with Crippen LogP contribution >= 0.6 is 0 Å². The second kappa shape index (κ2) is 7.90. The fraction of sp³-hybridized carbons (Fsp3) is 0.500. The number of nitrogens with zero attached hydrogens (tertiary/aromatic N) is 1. The number of carbonyl (C=O) groups excluding carboxylic acids is 3. The van der Waals surface area contributed by atoms with Crippen molar-refractivity contribution in [2.45, 2.75) is 45.6 Å². The molecule has 5 heteroatoms. The summed E-state index contributed by atoms with van der Waals surface area (Å²) in [6.07, 6.45) is 2.04. The maximum atomic E-state index is 12.5. The summed E-state index contributed by atoms with van der Waals surface area (Å²) in [5.74, 6) is -0.685. The molecular weight excluding hydrogens is 292 g/mol. The lowest BCUT2D eigenvalue weighted by Crippen LogP contribution is -2.55. The maximum Gasteiger partial charge on any atom is 0.251 e. The van der Waals surface area contributed by atoms with Crippen LogP contribution in [-0.2, 0) is 20.8 Å². The minimum absolute atomic E-state index is 0.122. The van der Waals surface area contributed by atoms with Crippen LogP contribution in [-0.4, -0.2) is 35.2 Å². The van der Waals surface area contributed by atoms with Gasteiger partial charge >= 0.3 is 0 Å². The van der Waals surface area contributed by atoms with Gasteiger partial charge in [0.1, 0.15) is 6.04 Å². The highest BCUT2D eigenvalue weighted by molar-refractivity contribution is 6.01. The highest BCUT2D eigenvalue weighted by Gasteiger charge is 2.35. The molecular formula is C18H24N2O3. The van der Waals surface area contributed by atoms with Gasteiger partial charge in [0.25, 0.3) is 5.91 Å². The van der Waals surface area contributed by atoms with Crippen molar-refractivity contribution < 1.29 is 14.4 Å². The molecule has 2 atom stereocenters. The van der Waals surface area contributed by atoms with E-state index in [9.17, 15) is 14.4 Å². The average Bonchev–Trinajstić information content (AvgIpc) is 2.57. The van der Waals surface area contributed by atoms with E-state index in [0.29, 0.717) is 25.8 Å². The van der Waals surface area contributed by atoms with Crippen LogP contribution in [0.5, 0.6) is 0 Å². The van der Waals surface area contributed by atoms with Crippen LogP contribution < -0.4 is 5.32 Å². The van der Waals surface area contributed by atoms with Gasteiger partial charge in [0.05, 0.1) is 0 Å². The van der Waals surface area contributed by atoms with E-state index >= 15 is 0 Å². The highest BCUT2D eigenvalue weighted by atomic mass is 16.2. The monoisotopic (exact) mass is 316 g/mol. The molecule has 3 amide bonds. The molecule has 0 unspecified atom stereocenters. The van der Waals surface area contributed by atoms with Crippen LogP contribution in [0, 0.1) is 5.92 Å². The van der Waals surface area contributed by atoms with E-state index in [1.54, 1.807) is 0 Å². The maximum absolute atomic E-state index is 12.5. The molecule has 1 aliphatic heterocycles. The Kier molecular flexibility index (Phi) is 5.90. The third-order valence-corrected chi connectivity index (χ3v) is 4.36. The normalized spacial score (nSPS) is 19.6. The van der Waals surface area contributed by atoms with Gasteiger partial charge in [-0.25, -0.2) is 0 Å². The van der Waals surface area contributed by atoms with Crippen LogP contribution in [0.4, 0.5) is 0 Å². The van der Waals surface area contributed by atoms with Crippen molar-refractivity contribution in [1.29, 1.82) is 0 Å². The molecule has 1 heterocycles. The molecule has 1 aromatic carbocycles. The number of hydrogen-bond acceptors (Lipinski definition) is 3. The van der Waals surface area contributed by atoms with Gasteiger partial charge in [0.15, 0.2) is 0 Å². The Morgan fingerprint density at radius 3 is 2.65 bits per heavy atom. The van der Waals surface area contributed by atoms with E-state index in [4.69, 9.17) is 0 Å². The van der Waals surface area contributed by atoms with E-state index in [-0.39, 0.29) is 23.6 Å². The van der Waals surface area contributed by atoms with Gasteiger partial charge in [-0.1, -0.05) is 44.2 Å². The van der Waals surface area contributed by atoms with Gasteiger partial charge in [0, 0.05) is 18.9 Å². The number of benzene rings is 1. The number of carbonyl (C=O) groups is 3. The van der Waals surface area contributed by atoms with Gasteiger partial charge in [0.2, 0.25) is 11.8 Å². The molecule has 2 rings (SSSR count). The second-order valence-corrected chi connectivity index (χ2v) is 6.03. The number of hydrogen-bond donors (Lipinski definition) is 1. The summed E-state index contributed by atoms with van der Waals surface area (Å²) in [6, 6.07) is 9.17. The van der Waals surface area contributed by atoms with Crippen LogP contribution in [0.2, 0.25) is 0 Å². The molecule has 0 aromatic heterocycles. The molecule has 0 aliphatic carbocycles. The number of imide groups is 1. The Balaban J connectivity index is 1.97. The summed E-state index contributed by atoms with van der Waals surface area (Å²) in [5.41, 5.74) is 1.08. The molecule has 1 fully saturated rings. The summed E-state index contributed by atoms with van der Waals surface area (Å²) in [7, 11) is 0. The zero-order chi connectivity index (χ0) is 16.8. The Bertz CT molecular complexity index is 571. The predicted octanol–water partition coefficient (Wildman–Crippen LogP) is 1.91. The van der Waals surface area contributed by atoms with Crippen molar-refractivity contribution in [3.05, 3.63) is 35.9 Å².